The van der Waals surface area contributed by atoms with Gasteiger partial charge in [-0.25, -0.2) is 4.39 Å². The van der Waals surface area contributed by atoms with Crippen molar-refractivity contribution in [3.63, 3.8) is 0 Å². The van der Waals surface area contributed by atoms with Crippen molar-refractivity contribution in [2.75, 3.05) is 31.9 Å². The number of halogens is 1. The van der Waals surface area contributed by atoms with Crippen LogP contribution in [0.2, 0.25) is 0 Å². The van der Waals surface area contributed by atoms with Gasteiger partial charge in [-0.1, -0.05) is 6.92 Å². The van der Waals surface area contributed by atoms with Crippen LogP contribution in [0.5, 0.6) is 0 Å². The largest absolute Gasteiger partial charge is 0.396 e. The van der Waals surface area contributed by atoms with Crippen molar-refractivity contribution in [2.45, 2.75) is 19.9 Å². The Hall–Kier alpha value is -1.62. The summed E-state index contributed by atoms with van der Waals surface area (Å²) in [7, 11) is 0. The molecule has 0 saturated carbocycles. The maximum absolute atomic E-state index is 13.1. The molecule has 1 amide bonds. The SMILES string of the molecule is CCN1CCN(C(=O)c2ccc(F)c(N)c2)CC1C. The molecule has 19 heavy (non-hydrogen) atoms. The Morgan fingerprint density at radius 2 is 2.21 bits per heavy atom. The average molecular weight is 265 g/mol. The molecule has 5 heteroatoms. The number of hydrogen-bond acceptors (Lipinski definition) is 3. The molecule has 0 spiro atoms. The number of carbonyl (C=O) groups excluding carboxylic acids is 1. The lowest BCUT2D eigenvalue weighted by Gasteiger charge is -2.39. The monoisotopic (exact) mass is 265 g/mol. The van der Waals surface area contributed by atoms with Crippen molar-refractivity contribution >= 4 is 11.6 Å². The van der Waals surface area contributed by atoms with E-state index in [2.05, 4.69) is 18.7 Å². The summed E-state index contributed by atoms with van der Waals surface area (Å²) < 4.78 is 13.1. The first kappa shape index (κ1) is 13.8. The van der Waals surface area contributed by atoms with Crippen LogP contribution < -0.4 is 5.73 Å². The van der Waals surface area contributed by atoms with Gasteiger partial charge in [-0.2, -0.15) is 0 Å². The Morgan fingerprint density at radius 3 is 2.79 bits per heavy atom. The molecule has 1 heterocycles. The van der Waals surface area contributed by atoms with E-state index in [0.717, 1.165) is 13.1 Å². The molecule has 0 aromatic heterocycles. The third-order valence-corrected chi connectivity index (χ3v) is 3.70. The lowest BCUT2D eigenvalue weighted by molar-refractivity contribution is 0.0528. The molecule has 1 fully saturated rings. The van der Waals surface area contributed by atoms with Gasteiger partial charge in [0, 0.05) is 31.2 Å². The summed E-state index contributed by atoms with van der Waals surface area (Å²) in [6.07, 6.45) is 0. The maximum Gasteiger partial charge on any atom is 0.254 e. The second kappa shape index (κ2) is 5.57. The summed E-state index contributed by atoms with van der Waals surface area (Å²) >= 11 is 0. The molecule has 1 unspecified atom stereocenters. The highest BCUT2D eigenvalue weighted by Gasteiger charge is 2.26. The van der Waals surface area contributed by atoms with Gasteiger partial charge in [-0.15, -0.1) is 0 Å². The lowest BCUT2D eigenvalue weighted by Crippen LogP contribution is -2.53. The fraction of sp³-hybridized carbons (Fsp3) is 0.500. The van der Waals surface area contributed by atoms with Crippen LogP contribution in [0.3, 0.4) is 0 Å². The number of benzene rings is 1. The third kappa shape index (κ3) is 2.87. The van der Waals surface area contributed by atoms with Crippen molar-refractivity contribution < 1.29 is 9.18 Å². The van der Waals surface area contributed by atoms with Crippen LogP contribution in [-0.4, -0.2) is 47.9 Å². The minimum atomic E-state index is -0.485. The van der Waals surface area contributed by atoms with Crippen molar-refractivity contribution in [2.24, 2.45) is 0 Å². The normalized spacial score (nSPS) is 20.6. The molecular formula is C14H20FN3O. The Labute approximate surface area is 113 Å². The van der Waals surface area contributed by atoms with Gasteiger partial charge in [-0.3, -0.25) is 9.69 Å². The van der Waals surface area contributed by atoms with Crippen LogP contribution in [0, 0.1) is 5.82 Å². The van der Waals surface area contributed by atoms with E-state index < -0.39 is 5.82 Å². The van der Waals surface area contributed by atoms with Crippen LogP contribution in [0.25, 0.3) is 0 Å². The molecule has 2 N–H and O–H groups in total. The minimum Gasteiger partial charge on any atom is -0.396 e. The highest BCUT2D eigenvalue weighted by atomic mass is 19.1. The topological polar surface area (TPSA) is 49.6 Å². The number of carbonyl (C=O) groups is 1. The summed E-state index contributed by atoms with van der Waals surface area (Å²) in [5.74, 6) is -0.560. The molecule has 4 nitrogen and oxygen atoms in total. The van der Waals surface area contributed by atoms with E-state index in [0.29, 0.717) is 24.7 Å². The Balaban J connectivity index is 2.10. The number of nitrogen functional groups attached to an aromatic ring is 1. The number of anilines is 1. The molecular weight excluding hydrogens is 245 g/mol. The molecule has 1 atom stereocenters. The molecule has 1 aliphatic rings. The van der Waals surface area contributed by atoms with Crippen molar-refractivity contribution in [3.05, 3.63) is 29.6 Å². The molecule has 0 aliphatic carbocycles. The number of nitrogens with two attached hydrogens (primary N) is 1. The van der Waals surface area contributed by atoms with Crippen LogP contribution in [0.4, 0.5) is 10.1 Å². The summed E-state index contributed by atoms with van der Waals surface area (Å²) in [4.78, 5) is 16.5. The molecule has 1 saturated heterocycles. The van der Waals surface area contributed by atoms with Gasteiger partial charge < -0.3 is 10.6 Å². The van der Waals surface area contributed by atoms with Gasteiger partial charge in [0.1, 0.15) is 5.82 Å². The zero-order chi connectivity index (χ0) is 14.0. The second-order valence-electron chi connectivity index (χ2n) is 4.97. The van der Waals surface area contributed by atoms with Crippen LogP contribution in [0.1, 0.15) is 24.2 Å². The minimum absolute atomic E-state index is 0.0195. The Kier molecular flexibility index (Phi) is 4.04. The van der Waals surface area contributed by atoms with Gasteiger partial charge in [-0.05, 0) is 31.7 Å². The number of amides is 1. The van der Waals surface area contributed by atoms with E-state index in [1.165, 1.54) is 18.2 Å². The van der Waals surface area contributed by atoms with E-state index >= 15 is 0 Å². The molecule has 0 radical (unpaired) electrons. The number of piperazine rings is 1. The molecule has 1 aromatic rings. The number of hydrogen-bond donors (Lipinski definition) is 1. The van der Waals surface area contributed by atoms with Crippen LogP contribution in [-0.2, 0) is 0 Å². The van der Waals surface area contributed by atoms with E-state index in [-0.39, 0.29) is 11.6 Å². The van der Waals surface area contributed by atoms with Crippen molar-refractivity contribution in [1.29, 1.82) is 0 Å². The number of rotatable bonds is 2. The second-order valence-corrected chi connectivity index (χ2v) is 4.97. The van der Waals surface area contributed by atoms with E-state index in [1.807, 2.05) is 4.90 Å². The average Bonchev–Trinajstić information content (AvgIpc) is 2.41. The van der Waals surface area contributed by atoms with E-state index in [4.69, 9.17) is 5.73 Å². The quantitative estimate of drug-likeness (QED) is 0.826. The van der Waals surface area contributed by atoms with Gasteiger partial charge in [0.2, 0.25) is 0 Å². The summed E-state index contributed by atoms with van der Waals surface area (Å²) in [6, 6.07) is 4.49. The fourth-order valence-electron chi connectivity index (χ4n) is 2.51. The molecule has 1 aliphatic heterocycles. The first-order valence-electron chi connectivity index (χ1n) is 6.61. The molecule has 2 rings (SSSR count). The van der Waals surface area contributed by atoms with E-state index in [1.54, 1.807) is 0 Å². The molecule has 104 valence electrons. The zero-order valence-electron chi connectivity index (χ0n) is 11.4. The number of nitrogens with zero attached hydrogens (tertiary/aromatic N) is 2. The summed E-state index contributed by atoms with van der Waals surface area (Å²) in [6.45, 7) is 7.50. The van der Waals surface area contributed by atoms with Gasteiger partial charge in [0.25, 0.3) is 5.91 Å². The highest BCUT2D eigenvalue weighted by Crippen LogP contribution is 2.16. The lowest BCUT2D eigenvalue weighted by atomic mass is 10.1. The van der Waals surface area contributed by atoms with Gasteiger partial charge in [0.15, 0.2) is 0 Å². The highest BCUT2D eigenvalue weighted by molar-refractivity contribution is 5.95. The third-order valence-electron chi connectivity index (χ3n) is 3.70. The predicted molar refractivity (Wildman–Crippen MR) is 73.4 cm³/mol. The van der Waals surface area contributed by atoms with Crippen LogP contribution >= 0.6 is 0 Å². The maximum atomic E-state index is 13.1. The predicted octanol–water partition coefficient (Wildman–Crippen LogP) is 1.57. The van der Waals surface area contributed by atoms with Crippen LogP contribution in [0.15, 0.2) is 18.2 Å². The fourth-order valence-corrected chi connectivity index (χ4v) is 2.51. The summed E-state index contributed by atoms with van der Waals surface area (Å²) in [5.41, 5.74) is 5.98. The molecule has 1 aromatic carbocycles. The van der Waals surface area contributed by atoms with E-state index in [9.17, 15) is 9.18 Å². The Bertz CT molecular complexity index is 478. The zero-order valence-corrected chi connectivity index (χ0v) is 11.4. The van der Waals surface area contributed by atoms with Gasteiger partial charge >= 0.3 is 0 Å². The Morgan fingerprint density at radius 1 is 1.47 bits per heavy atom. The molecule has 0 bridgehead atoms. The smallest absolute Gasteiger partial charge is 0.254 e. The standard InChI is InChI=1S/C14H20FN3O/c1-3-17-6-7-18(9-10(17)2)14(19)11-4-5-12(15)13(16)8-11/h4-5,8,10H,3,6-7,9,16H2,1-2H3. The summed E-state index contributed by atoms with van der Waals surface area (Å²) in [5, 5.41) is 0. The first-order chi connectivity index (χ1) is 9.02. The number of likely N-dealkylation sites (N-methyl/N-ethyl adjacent to an activating group) is 1. The van der Waals surface area contributed by atoms with Gasteiger partial charge in [0.05, 0.1) is 5.69 Å². The first-order valence-corrected chi connectivity index (χ1v) is 6.61. The van der Waals surface area contributed by atoms with Crippen molar-refractivity contribution in [3.8, 4) is 0 Å². The van der Waals surface area contributed by atoms with Crippen molar-refractivity contribution in [1.82, 2.24) is 9.80 Å².